The lowest BCUT2D eigenvalue weighted by Gasteiger charge is -2.40. The van der Waals surface area contributed by atoms with Gasteiger partial charge in [-0.3, -0.25) is 9.48 Å². The lowest BCUT2D eigenvalue weighted by molar-refractivity contribution is -0.141. The molecule has 0 atom stereocenters. The number of carbonyl (C=O) groups excluding carboxylic acids is 1. The quantitative estimate of drug-likeness (QED) is 0.720. The first-order chi connectivity index (χ1) is 9.49. The molecule has 1 fully saturated rings. The Hall–Kier alpha value is -2.05. The van der Waals surface area contributed by atoms with Crippen molar-refractivity contribution in [2.24, 2.45) is 12.5 Å². The maximum Gasteiger partial charge on any atom is 0.315 e. The molecular formula is C13H20N4O3. The summed E-state index contributed by atoms with van der Waals surface area (Å²) in [6.07, 6.45) is 4.68. The van der Waals surface area contributed by atoms with Gasteiger partial charge in [0.2, 0.25) is 0 Å². The normalized spacial score (nSPS) is 16.2. The Balaban J connectivity index is 1.73. The fraction of sp³-hybridized carbons (Fsp3) is 0.615. The highest BCUT2D eigenvalue weighted by atomic mass is 16.4. The minimum absolute atomic E-state index is 0.119. The molecule has 0 saturated heterocycles. The molecule has 0 aromatic carbocycles. The first-order valence-corrected chi connectivity index (χ1v) is 6.71. The molecule has 7 heteroatoms. The third-order valence-electron chi connectivity index (χ3n) is 3.76. The summed E-state index contributed by atoms with van der Waals surface area (Å²) < 4.78 is 1.67. The van der Waals surface area contributed by atoms with Crippen LogP contribution in [0.25, 0.3) is 0 Å². The van der Waals surface area contributed by atoms with Crippen LogP contribution in [0.15, 0.2) is 12.3 Å². The summed E-state index contributed by atoms with van der Waals surface area (Å²) in [5.41, 5.74) is 0.528. The van der Waals surface area contributed by atoms with Crippen LogP contribution in [0, 0.1) is 5.41 Å². The molecule has 110 valence electrons. The third-order valence-corrected chi connectivity index (χ3v) is 3.76. The van der Waals surface area contributed by atoms with E-state index in [-0.39, 0.29) is 17.9 Å². The molecule has 1 saturated carbocycles. The molecule has 2 rings (SSSR count). The van der Waals surface area contributed by atoms with E-state index in [2.05, 4.69) is 15.7 Å². The first-order valence-electron chi connectivity index (χ1n) is 6.71. The number of hydrogen-bond acceptors (Lipinski definition) is 3. The van der Waals surface area contributed by atoms with Gasteiger partial charge in [0.15, 0.2) is 0 Å². The van der Waals surface area contributed by atoms with Crippen molar-refractivity contribution in [3.63, 3.8) is 0 Å². The van der Waals surface area contributed by atoms with E-state index >= 15 is 0 Å². The molecule has 7 nitrogen and oxygen atoms in total. The zero-order chi connectivity index (χ0) is 14.6. The molecule has 0 radical (unpaired) electrons. The largest absolute Gasteiger partial charge is 0.481 e. The number of nitrogens with zero attached hydrogens (tertiary/aromatic N) is 2. The molecule has 2 amide bonds. The maximum absolute atomic E-state index is 11.7. The van der Waals surface area contributed by atoms with Gasteiger partial charge in [-0.2, -0.15) is 5.10 Å². The van der Waals surface area contributed by atoms with E-state index in [0.717, 1.165) is 25.0 Å². The number of hydrogen-bond donors (Lipinski definition) is 3. The fourth-order valence-electron chi connectivity index (χ4n) is 2.47. The van der Waals surface area contributed by atoms with Gasteiger partial charge in [0.25, 0.3) is 0 Å². The van der Waals surface area contributed by atoms with Crippen LogP contribution in [0.3, 0.4) is 0 Å². The number of aliphatic carboxylic acids is 1. The van der Waals surface area contributed by atoms with Crippen LogP contribution < -0.4 is 10.6 Å². The number of aromatic nitrogens is 2. The van der Waals surface area contributed by atoms with Gasteiger partial charge in [-0.25, -0.2) is 4.79 Å². The highest BCUT2D eigenvalue weighted by Crippen LogP contribution is 2.43. The van der Waals surface area contributed by atoms with E-state index in [1.54, 1.807) is 4.68 Å². The summed E-state index contributed by atoms with van der Waals surface area (Å²) in [7, 11) is 1.82. The number of nitrogens with one attached hydrogen (secondary N) is 2. The van der Waals surface area contributed by atoms with Crippen LogP contribution in [0.4, 0.5) is 4.79 Å². The number of aryl methyl sites for hydroxylation is 1. The molecule has 20 heavy (non-hydrogen) atoms. The van der Waals surface area contributed by atoms with Crippen molar-refractivity contribution < 1.29 is 14.7 Å². The van der Waals surface area contributed by atoms with Gasteiger partial charge < -0.3 is 15.7 Å². The van der Waals surface area contributed by atoms with Crippen LogP contribution in [0.2, 0.25) is 0 Å². The van der Waals surface area contributed by atoms with Crippen molar-refractivity contribution in [2.75, 3.05) is 6.54 Å². The molecule has 0 aliphatic heterocycles. The average Bonchev–Trinajstić information content (AvgIpc) is 2.75. The Morgan fingerprint density at radius 3 is 2.70 bits per heavy atom. The van der Waals surface area contributed by atoms with Crippen molar-refractivity contribution in [3.05, 3.63) is 18.0 Å². The van der Waals surface area contributed by atoms with Crippen molar-refractivity contribution >= 4 is 12.0 Å². The monoisotopic (exact) mass is 280 g/mol. The van der Waals surface area contributed by atoms with Gasteiger partial charge in [-0.15, -0.1) is 0 Å². The van der Waals surface area contributed by atoms with Crippen molar-refractivity contribution in [1.29, 1.82) is 0 Å². The zero-order valence-electron chi connectivity index (χ0n) is 11.6. The summed E-state index contributed by atoms with van der Waals surface area (Å²) in [6.45, 7) is 0.770. The first kappa shape index (κ1) is 14.4. The van der Waals surface area contributed by atoms with Gasteiger partial charge in [-0.1, -0.05) is 6.42 Å². The molecule has 3 N–H and O–H groups in total. The van der Waals surface area contributed by atoms with E-state index < -0.39 is 5.97 Å². The summed E-state index contributed by atoms with van der Waals surface area (Å²) in [4.78, 5) is 22.5. The summed E-state index contributed by atoms with van der Waals surface area (Å²) >= 11 is 0. The molecule has 0 spiro atoms. The Labute approximate surface area is 117 Å². The number of carbonyl (C=O) groups is 2. The summed E-state index contributed by atoms with van der Waals surface area (Å²) in [5.74, 6) is -0.805. The van der Waals surface area contributed by atoms with Crippen LogP contribution in [-0.2, 0) is 18.4 Å². The highest BCUT2D eigenvalue weighted by molar-refractivity contribution is 5.74. The second kappa shape index (κ2) is 5.94. The van der Waals surface area contributed by atoms with Crippen molar-refractivity contribution in [3.8, 4) is 0 Å². The molecule has 0 unspecified atom stereocenters. The molecule has 1 aromatic heterocycles. The number of rotatable bonds is 6. The van der Waals surface area contributed by atoms with Gasteiger partial charge >= 0.3 is 12.0 Å². The standard InChI is InChI=1S/C13H20N4O3/c1-17-6-3-10(16-17)8-14-12(20)15-9-13(4-2-5-13)7-11(18)19/h3,6H,2,4-5,7-9H2,1H3,(H,18,19)(H2,14,15,20). The number of carboxylic acid groups (broad SMARTS) is 1. The van der Waals surface area contributed by atoms with E-state index in [0.29, 0.717) is 13.1 Å². The van der Waals surface area contributed by atoms with E-state index in [9.17, 15) is 9.59 Å². The average molecular weight is 280 g/mol. The summed E-state index contributed by atoms with van der Waals surface area (Å²) in [5, 5.41) is 18.5. The Kier molecular flexibility index (Phi) is 4.26. The maximum atomic E-state index is 11.7. The Morgan fingerprint density at radius 2 is 2.20 bits per heavy atom. The third kappa shape index (κ3) is 3.72. The molecule has 1 aliphatic carbocycles. The number of amides is 2. The van der Waals surface area contributed by atoms with Crippen molar-refractivity contribution in [1.82, 2.24) is 20.4 Å². The predicted octanol–water partition coefficient (Wildman–Crippen LogP) is 0.864. The van der Waals surface area contributed by atoms with Gasteiger partial charge in [0.05, 0.1) is 18.7 Å². The van der Waals surface area contributed by atoms with Crippen LogP contribution >= 0.6 is 0 Å². The molecule has 0 bridgehead atoms. The topological polar surface area (TPSA) is 96.2 Å². The molecule has 1 aliphatic rings. The predicted molar refractivity (Wildman–Crippen MR) is 72.0 cm³/mol. The summed E-state index contributed by atoms with van der Waals surface area (Å²) in [6, 6.07) is 1.55. The Bertz CT molecular complexity index is 494. The van der Waals surface area contributed by atoms with E-state index in [1.165, 1.54) is 0 Å². The van der Waals surface area contributed by atoms with Crippen LogP contribution in [-0.4, -0.2) is 33.4 Å². The molecule has 1 aromatic rings. The van der Waals surface area contributed by atoms with Gasteiger partial charge in [0.1, 0.15) is 0 Å². The second-order valence-electron chi connectivity index (χ2n) is 5.44. The lowest BCUT2D eigenvalue weighted by Crippen LogP contribution is -2.46. The number of urea groups is 1. The minimum atomic E-state index is -0.805. The fourth-order valence-corrected chi connectivity index (χ4v) is 2.47. The van der Waals surface area contributed by atoms with Gasteiger partial charge in [-0.05, 0) is 24.3 Å². The van der Waals surface area contributed by atoms with E-state index in [1.807, 2.05) is 19.3 Å². The minimum Gasteiger partial charge on any atom is -0.481 e. The number of carboxylic acids is 1. The second-order valence-corrected chi connectivity index (χ2v) is 5.44. The van der Waals surface area contributed by atoms with Crippen LogP contribution in [0.5, 0.6) is 0 Å². The molecular weight excluding hydrogens is 260 g/mol. The Morgan fingerprint density at radius 1 is 1.45 bits per heavy atom. The smallest absolute Gasteiger partial charge is 0.315 e. The van der Waals surface area contributed by atoms with Gasteiger partial charge in [0, 0.05) is 19.8 Å². The zero-order valence-corrected chi connectivity index (χ0v) is 11.6. The van der Waals surface area contributed by atoms with E-state index in [4.69, 9.17) is 5.11 Å². The van der Waals surface area contributed by atoms with Crippen LogP contribution in [0.1, 0.15) is 31.4 Å². The molecule has 1 heterocycles. The highest BCUT2D eigenvalue weighted by Gasteiger charge is 2.39. The SMILES string of the molecule is Cn1ccc(CNC(=O)NCC2(CC(=O)O)CCC2)n1. The van der Waals surface area contributed by atoms with Crippen molar-refractivity contribution in [2.45, 2.75) is 32.2 Å². The lowest BCUT2D eigenvalue weighted by atomic mass is 9.66.